The lowest BCUT2D eigenvalue weighted by molar-refractivity contribution is -0.160. The minimum absolute atomic E-state index is 0.209. The summed E-state index contributed by atoms with van der Waals surface area (Å²) < 4.78 is 5.46. The molecular formula is C15H27NO2. The van der Waals surface area contributed by atoms with Gasteiger partial charge in [-0.05, 0) is 40.3 Å². The Kier molecular flexibility index (Phi) is 6.74. The van der Waals surface area contributed by atoms with Crippen LogP contribution in [0.5, 0.6) is 0 Å². The van der Waals surface area contributed by atoms with Crippen LogP contribution in [-0.2, 0) is 9.53 Å². The topological polar surface area (TPSA) is 29.5 Å². The van der Waals surface area contributed by atoms with Gasteiger partial charge in [0.25, 0.3) is 0 Å². The van der Waals surface area contributed by atoms with Gasteiger partial charge >= 0.3 is 5.97 Å². The Balaban J connectivity index is 4.91. The Labute approximate surface area is 112 Å². The van der Waals surface area contributed by atoms with Gasteiger partial charge in [0.2, 0.25) is 0 Å². The highest BCUT2D eigenvalue weighted by molar-refractivity contribution is 5.76. The molecule has 0 rings (SSSR count). The third-order valence-corrected chi connectivity index (χ3v) is 2.48. The molecule has 0 aliphatic carbocycles. The molecule has 0 aromatic rings. The molecule has 18 heavy (non-hydrogen) atoms. The molecule has 0 spiro atoms. The highest BCUT2D eigenvalue weighted by atomic mass is 16.6. The Morgan fingerprint density at radius 2 is 2.00 bits per heavy atom. The molecule has 3 heteroatoms. The van der Waals surface area contributed by atoms with Gasteiger partial charge in [0.05, 0.1) is 0 Å². The van der Waals surface area contributed by atoms with Gasteiger partial charge in [-0.15, -0.1) is 0 Å². The van der Waals surface area contributed by atoms with Crippen molar-refractivity contribution in [1.29, 1.82) is 0 Å². The molecule has 0 N–H and O–H groups in total. The maximum absolute atomic E-state index is 12.2. The van der Waals surface area contributed by atoms with Crippen LogP contribution in [0.15, 0.2) is 25.1 Å². The number of hydrogen-bond donors (Lipinski definition) is 0. The molecule has 0 saturated carbocycles. The molecule has 0 bridgehead atoms. The van der Waals surface area contributed by atoms with E-state index in [-0.39, 0.29) is 12.0 Å². The minimum atomic E-state index is -0.469. The Morgan fingerprint density at radius 1 is 1.44 bits per heavy atom. The smallest absolute Gasteiger partial charge is 0.329 e. The molecule has 0 aliphatic heterocycles. The predicted octanol–water partition coefficient (Wildman–Crippen LogP) is 3.87. The standard InChI is InChI=1S/C15H27NO2/c1-8-10-11-13(16(9-2)12(3)4)14(17)18-15(5,6)7/h9,13H,2-3,8,10-11H2,1,4-7H3. The van der Waals surface area contributed by atoms with Crippen LogP contribution >= 0.6 is 0 Å². The summed E-state index contributed by atoms with van der Waals surface area (Å²) in [5.74, 6) is -0.209. The molecule has 3 nitrogen and oxygen atoms in total. The first-order valence-corrected chi connectivity index (χ1v) is 6.52. The highest BCUT2D eigenvalue weighted by Gasteiger charge is 2.28. The van der Waals surface area contributed by atoms with Gasteiger partial charge in [0.1, 0.15) is 11.6 Å². The zero-order chi connectivity index (χ0) is 14.3. The summed E-state index contributed by atoms with van der Waals surface area (Å²) in [5.41, 5.74) is 0.334. The normalized spacial score (nSPS) is 12.7. The molecule has 0 amide bonds. The van der Waals surface area contributed by atoms with E-state index < -0.39 is 5.60 Å². The van der Waals surface area contributed by atoms with E-state index >= 15 is 0 Å². The van der Waals surface area contributed by atoms with Crippen LogP contribution in [-0.4, -0.2) is 22.5 Å². The number of carbonyl (C=O) groups is 1. The average Bonchev–Trinajstić information content (AvgIpc) is 2.20. The van der Waals surface area contributed by atoms with Crippen LogP contribution in [0.3, 0.4) is 0 Å². The second-order valence-electron chi connectivity index (χ2n) is 5.52. The first kappa shape index (κ1) is 16.8. The van der Waals surface area contributed by atoms with E-state index in [1.54, 1.807) is 11.1 Å². The highest BCUT2D eigenvalue weighted by Crippen LogP contribution is 2.18. The third-order valence-electron chi connectivity index (χ3n) is 2.48. The summed E-state index contributed by atoms with van der Waals surface area (Å²) in [6, 6.07) is -0.320. The third kappa shape index (κ3) is 5.89. The lowest BCUT2D eigenvalue weighted by atomic mass is 10.1. The molecular weight excluding hydrogens is 226 g/mol. The van der Waals surface area contributed by atoms with E-state index in [0.29, 0.717) is 0 Å². The fraction of sp³-hybridized carbons (Fsp3) is 0.667. The van der Waals surface area contributed by atoms with Crippen molar-refractivity contribution in [2.75, 3.05) is 0 Å². The van der Waals surface area contributed by atoms with Gasteiger partial charge in [-0.3, -0.25) is 0 Å². The second kappa shape index (κ2) is 7.24. The molecule has 0 aromatic heterocycles. The number of esters is 1. The first-order chi connectivity index (χ1) is 8.22. The quantitative estimate of drug-likeness (QED) is 0.645. The summed E-state index contributed by atoms with van der Waals surface area (Å²) in [5, 5.41) is 0. The van der Waals surface area contributed by atoms with Gasteiger partial charge in [-0.2, -0.15) is 0 Å². The SMILES string of the molecule is C=CN(C(=C)C)C(CCCC)C(=O)OC(C)(C)C. The van der Waals surface area contributed by atoms with Crippen molar-refractivity contribution in [3.63, 3.8) is 0 Å². The molecule has 104 valence electrons. The van der Waals surface area contributed by atoms with Crippen molar-refractivity contribution in [3.8, 4) is 0 Å². The zero-order valence-corrected chi connectivity index (χ0v) is 12.5. The van der Waals surface area contributed by atoms with Crippen LogP contribution in [0.25, 0.3) is 0 Å². The van der Waals surface area contributed by atoms with E-state index in [1.165, 1.54) is 0 Å². The molecule has 0 aliphatic rings. The number of nitrogens with zero attached hydrogens (tertiary/aromatic N) is 1. The summed E-state index contributed by atoms with van der Waals surface area (Å²) in [6.45, 7) is 17.2. The summed E-state index contributed by atoms with van der Waals surface area (Å²) in [6.07, 6.45) is 4.42. The van der Waals surface area contributed by atoms with Crippen LogP contribution in [0, 0.1) is 0 Å². The van der Waals surface area contributed by atoms with Crippen LogP contribution < -0.4 is 0 Å². The lowest BCUT2D eigenvalue weighted by Crippen LogP contribution is -2.40. The van der Waals surface area contributed by atoms with E-state index in [1.807, 2.05) is 27.7 Å². The van der Waals surface area contributed by atoms with E-state index in [2.05, 4.69) is 20.1 Å². The zero-order valence-electron chi connectivity index (χ0n) is 12.5. The second-order valence-corrected chi connectivity index (χ2v) is 5.52. The molecule has 0 aromatic carbocycles. The predicted molar refractivity (Wildman–Crippen MR) is 76.0 cm³/mol. The maximum atomic E-state index is 12.2. The number of ether oxygens (including phenoxy) is 1. The van der Waals surface area contributed by atoms with Gasteiger partial charge in [0.15, 0.2) is 0 Å². The summed E-state index contributed by atoms with van der Waals surface area (Å²) in [7, 11) is 0. The van der Waals surface area contributed by atoms with E-state index in [0.717, 1.165) is 25.0 Å². The van der Waals surface area contributed by atoms with Crippen molar-refractivity contribution in [1.82, 2.24) is 4.90 Å². The number of rotatable bonds is 7. The van der Waals surface area contributed by atoms with Gasteiger partial charge in [0, 0.05) is 5.70 Å². The number of unbranched alkanes of at least 4 members (excludes halogenated alkanes) is 1. The fourth-order valence-electron chi connectivity index (χ4n) is 1.69. The van der Waals surface area contributed by atoms with Crippen molar-refractivity contribution in [3.05, 3.63) is 25.1 Å². The van der Waals surface area contributed by atoms with E-state index in [9.17, 15) is 4.79 Å². The van der Waals surface area contributed by atoms with Crippen LogP contribution in [0.2, 0.25) is 0 Å². The maximum Gasteiger partial charge on any atom is 0.329 e. The van der Waals surface area contributed by atoms with Crippen LogP contribution in [0.1, 0.15) is 53.9 Å². The largest absolute Gasteiger partial charge is 0.458 e. The Morgan fingerprint density at radius 3 is 2.33 bits per heavy atom. The molecule has 0 heterocycles. The Hall–Kier alpha value is -1.25. The molecule has 1 atom stereocenters. The lowest BCUT2D eigenvalue weighted by Gasteiger charge is -2.31. The minimum Gasteiger partial charge on any atom is -0.458 e. The monoisotopic (exact) mass is 253 g/mol. The number of allylic oxidation sites excluding steroid dienone is 1. The van der Waals surface area contributed by atoms with E-state index in [4.69, 9.17) is 4.74 Å². The van der Waals surface area contributed by atoms with Crippen molar-refractivity contribution >= 4 is 5.97 Å². The molecule has 0 saturated heterocycles. The summed E-state index contributed by atoms with van der Waals surface area (Å²) in [4.78, 5) is 14.0. The molecule has 0 radical (unpaired) electrons. The van der Waals surface area contributed by atoms with Gasteiger partial charge < -0.3 is 9.64 Å². The molecule has 0 fully saturated rings. The number of hydrogen-bond acceptors (Lipinski definition) is 3. The Bertz CT molecular complexity index is 302. The first-order valence-electron chi connectivity index (χ1n) is 6.52. The number of carbonyl (C=O) groups excluding carboxylic acids is 1. The summed E-state index contributed by atoms with van der Waals surface area (Å²) >= 11 is 0. The molecule has 1 unspecified atom stereocenters. The van der Waals surface area contributed by atoms with Gasteiger partial charge in [-0.25, -0.2) is 4.79 Å². The van der Waals surface area contributed by atoms with Crippen molar-refractivity contribution < 1.29 is 9.53 Å². The average molecular weight is 253 g/mol. The van der Waals surface area contributed by atoms with Gasteiger partial charge in [-0.1, -0.05) is 32.9 Å². The fourth-order valence-corrected chi connectivity index (χ4v) is 1.69. The van der Waals surface area contributed by atoms with Crippen molar-refractivity contribution in [2.24, 2.45) is 0 Å². The van der Waals surface area contributed by atoms with Crippen LogP contribution in [0.4, 0.5) is 0 Å². The van der Waals surface area contributed by atoms with Crippen molar-refractivity contribution in [2.45, 2.75) is 65.5 Å².